The minimum absolute atomic E-state index is 0.0331. The highest BCUT2D eigenvalue weighted by Crippen LogP contribution is 2.24. The third kappa shape index (κ3) is 4.88. The zero-order valence-electron chi connectivity index (χ0n) is 15.9. The van der Waals surface area contributed by atoms with Gasteiger partial charge in [0.2, 0.25) is 6.33 Å². The lowest BCUT2D eigenvalue weighted by Gasteiger charge is -2.05. The summed E-state index contributed by atoms with van der Waals surface area (Å²) in [7, 11) is 0. The number of amides is 1. The quantitative estimate of drug-likeness (QED) is 0.306. The Morgan fingerprint density at radius 3 is 2.59 bits per heavy atom. The molecular weight excluding hydrogens is 485 g/mol. The first-order chi connectivity index (χ1) is 15.3. The van der Waals surface area contributed by atoms with E-state index in [0.29, 0.717) is 16.6 Å². The molecule has 0 aliphatic carbocycles. The van der Waals surface area contributed by atoms with Crippen LogP contribution < -0.4 is 5.32 Å². The second-order valence-electron chi connectivity index (χ2n) is 6.44. The lowest BCUT2D eigenvalue weighted by Crippen LogP contribution is -2.15. The summed E-state index contributed by atoms with van der Waals surface area (Å²) in [5.41, 5.74) is 0.867. The van der Waals surface area contributed by atoms with Crippen molar-refractivity contribution in [3.8, 4) is 0 Å². The lowest BCUT2D eigenvalue weighted by atomic mass is 10.2. The van der Waals surface area contributed by atoms with Crippen LogP contribution in [-0.2, 0) is 13.2 Å². The topological polar surface area (TPSA) is 139 Å². The van der Waals surface area contributed by atoms with Gasteiger partial charge in [-0.25, -0.2) is 4.68 Å². The molecule has 4 rings (SSSR count). The summed E-state index contributed by atoms with van der Waals surface area (Å²) in [5, 5.41) is 26.6. The molecule has 0 aliphatic heterocycles. The van der Waals surface area contributed by atoms with Gasteiger partial charge in [-0.1, -0.05) is 45.9 Å². The monoisotopic (exact) mass is 495 g/mol. The van der Waals surface area contributed by atoms with Gasteiger partial charge < -0.3 is 15.4 Å². The van der Waals surface area contributed by atoms with E-state index >= 15 is 0 Å². The fourth-order valence-electron chi connectivity index (χ4n) is 2.71. The molecule has 164 valence electrons. The van der Waals surface area contributed by atoms with Crippen LogP contribution in [0.1, 0.15) is 16.1 Å². The van der Waals surface area contributed by atoms with Gasteiger partial charge in [0.1, 0.15) is 5.02 Å². The first-order valence-corrected chi connectivity index (χ1v) is 9.97. The third-order valence-electron chi connectivity index (χ3n) is 4.15. The summed E-state index contributed by atoms with van der Waals surface area (Å²) >= 11 is 18.3. The van der Waals surface area contributed by atoms with Gasteiger partial charge in [-0.15, -0.1) is 0 Å². The van der Waals surface area contributed by atoms with Gasteiger partial charge in [0, 0.05) is 27.5 Å². The number of nitrogens with one attached hydrogen (secondary N) is 1. The van der Waals surface area contributed by atoms with Gasteiger partial charge in [-0.3, -0.25) is 9.48 Å². The molecule has 15 heteroatoms. The van der Waals surface area contributed by atoms with E-state index in [1.165, 1.54) is 32.6 Å². The predicted octanol–water partition coefficient (Wildman–Crippen LogP) is 3.35. The van der Waals surface area contributed by atoms with Crippen LogP contribution in [0.15, 0.2) is 43.0 Å². The average Bonchev–Trinajstić information content (AvgIpc) is 3.46. The van der Waals surface area contributed by atoms with Crippen LogP contribution in [0.3, 0.4) is 0 Å². The normalized spacial score (nSPS) is 11.0. The number of benzene rings is 1. The highest BCUT2D eigenvalue weighted by atomic mass is 35.5. The summed E-state index contributed by atoms with van der Waals surface area (Å²) in [6.07, 6.45) is 4.27. The Morgan fingerprint density at radius 2 is 1.88 bits per heavy atom. The molecule has 0 atom stereocenters. The Balaban J connectivity index is 1.42. The van der Waals surface area contributed by atoms with Crippen molar-refractivity contribution in [2.24, 2.45) is 0 Å². The Morgan fingerprint density at radius 1 is 1.06 bits per heavy atom. The van der Waals surface area contributed by atoms with Crippen molar-refractivity contribution in [2.45, 2.75) is 13.2 Å². The molecule has 0 saturated carbocycles. The van der Waals surface area contributed by atoms with Crippen molar-refractivity contribution < 1.29 is 9.72 Å². The zero-order valence-corrected chi connectivity index (χ0v) is 18.2. The molecule has 32 heavy (non-hydrogen) atoms. The maximum absolute atomic E-state index is 12.5. The van der Waals surface area contributed by atoms with Crippen LogP contribution in [0.25, 0.3) is 0 Å². The maximum Gasteiger partial charge on any atom is 0.491 e. The van der Waals surface area contributed by atoms with Crippen molar-refractivity contribution >= 4 is 52.5 Å². The number of aromatic nitrogens is 7. The van der Waals surface area contributed by atoms with Gasteiger partial charge in [0.15, 0.2) is 18.2 Å². The Labute approximate surface area is 194 Å². The molecule has 0 saturated heterocycles. The number of carbonyl (C=O) groups excluding carboxylic acids is 1. The Bertz CT molecular complexity index is 1310. The van der Waals surface area contributed by atoms with Crippen molar-refractivity contribution in [2.75, 3.05) is 5.32 Å². The van der Waals surface area contributed by atoms with Crippen LogP contribution in [0.5, 0.6) is 0 Å². The summed E-state index contributed by atoms with van der Waals surface area (Å²) in [6.45, 7) is 0.357. The second-order valence-corrected chi connectivity index (χ2v) is 7.69. The smallest absolute Gasteiger partial charge is 0.390 e. The number of rotatable bonds is 7. The standard InChI is InChI=1S/C17H12Cl3N9O3/c18-11-2-1-10(12(19)5-11)6-27-7-13(20)15(24-27)22-16(30)14-3-4-26(23-14)9-28-8-21-17(25-28)29(31)32/h1-5,7-8H,6,9H2,(H,22,24,30). The minimum Gasteiger partial charge on any atom is -0.390 e. The van der Waals surface area contributed by atoms with Gasteiger partial charge in [0.25, 0.3) is 5.91 Å². The van der Waals surface area contributed by atoms with Crippen LogP contribution >= 0.6 is 34.8 Å². The number of anilines is 1. The molecule has 1 aromatic carbocycles. The van der Waals surface area contributed by atoms with Gasteiger partial charge in [0.05, 0.1) is 6.54 Å². The molecule has 0 fully saturated rings. The Kier molecular flexibility index (Phi) is 6.08. The molecule has 0 aliphatic rings. The van der Waals surface area contributed by atoms with E-state index in [0.717, 1.165) is 5.56 Å². The molecule has 0 unspecified atom stereocenters. The number of hydrogen-bond donors (Lipinski definition) is 1. The molecule has 0 spiro atoms. The van der Waals surface area contributed by atoms with Crippen molar-refractivity contribution in [1.82, 2.24) is 34.3 Å². The number of hydrogen-bond acceptors (Lipinski definition) is 7. The second kappa shape index (κ2) is 8.94. The molecule has 12 nitrogen and oxygen atoms in total. The van der Waals surface area contributed by atoms with Gasteiger partial charge in [-0.2, -0.15) is 14.9 Å². The highest BCUT2D eigenvalue weighted by Gasteiger charge is 2.17. The number of nitro groups is 1. The van der Waals surface area contributed by atoms with E-state index in [-0.39, 0.29) is 23.2 Å². The van der Waals surface area contributed by atoms with E-state index in [9.17, 15) is 14.9 Å². The van der Waals surface area contributed by atoms with Gasteiger partial charge >= 0.3 is 5.95 Å². The first-order valence-electron chi connectivity index (χ1n) is 8.84. The van der Waals surface area contributed by atoms with E-state index < -0.39 is 16.8 Å². The molecule has 3 aromatic heterocycles. The van der Waals surface area contributed by atoms with Crippen LogP contribution in [0, 0.1) is 10.1 Å². The maximum atomic E-state index is 12.5. The van der Waals surface area contributed by atoms with E-state index in [4.69, 9.17) is 34.8 Å². The molecule has 1 N–H and O–H groups in total. The van der Waals surface area contributed by atoms with Crippen molar-refractivity contribution in [3.05, 3.63) is 79.4 Å². The number of halogens is 3. The molecule has 0 bridgehead atoms. The summed E-state index contributed by atoms with van der Waals surface area (Å²) < 4.78 is 4.12. The molecule has 1 amide bonds. The first kappa shape index (κ1) is 21.7. The summed E-state index contributed by atoms with van der Waals surface area (Å²) in [4.78, 5) is 26.0. The van der Waals surface area contributed by atoms with Crippen LogP contribution in [0.2, 0.25) is 15.1 Å². The average molecular weight is 497 g/mol. The predicted molar refractivity (Wildman–Crippen MR) is 115 cm³/mol. The number of nitrogens with zero attached hydrogens (tertiary/aromatic N) is 8. The van der Waals surface area contributed by atoms with Crippen molar-refractivity contribution in [3.63, 3.8) is 0 Å². The van der Waals surface area contributed by atoms with Crippen LogP contribution in [0.4, 0.5) is 11.8 Å². The van der Waals surface area contributed by atoms with Gasteiger partial charge in [-0.05, 0) is 28.7 Å². The Hall–Kier alpha value is -3.48. The summed E-state index contributed by atoms with van der Waals surface area (Å²) in [6, 6.07) is 6.58. The largest absolute Gasteiger partial charge is 0.491 e. The molecule has 3 heterocycles. The zero-order chi connectivity index (χ0) is 22.8. The summed E-state index contributed by atoms with van der Waals surface area (Å²) in [5.74, 6) is -0.909. The van der Waals surface area contributed by atoms with Crippen molar-refractivity contribution in [1.29, 1.82) is 0 Å². The lowest BCUT2D eigenvalue weighted by molar-refractivity contribution is -0.394. The molecule has 4 aromatic rings. The highest BCUT2D eigenvalue weighted by molar-refractivity contribution is 6.35. The van der Waals surface area contributed by atoms with Crippen LogP contribution in [-0.4, -0.2) is 45.2 Å². The van der Waals surface area contributed by atoms with E-state index in [2.05, 4.69) is 25.6 Å². The molecule has 0 radical (unpaired) electrons. The third-order valence-corrected chi connectivity index (χ3v) is 5.01. The van der Waals surface area contributed by atoms with E-state index in [1.807, 2.05) is 0 Å². The SMILES string of the molecule is O=C(Nc1nn(Cc2ccc(Cl)cc2Cl)cc1Cl)c1ccn(Cn2cnc([N+](=O)[O-])n2)n1. The minimum atomic E-state index is -0.706. The fourth-order valence-corrected chi connectivity index (χ4v) is 3.37. The number of carbonyl (C=O) groups is 1. The molecular formula is C17H12Cl3N9O3. The van der Waals surface area contributed by atoms with E-state index in [1.54, 1.807) is 24.4 Å². The fraction of sp³-hybridized carbons (Fsp3) is 0.118.